The van der Waals surface area contributed by atoms with Crippen LogP contribution < -0.4 is 0 Å². The second kappa shape index (κ2) is 5.13. The predicted molar refractivity (Wildman–Crippen MR) is 76.1 cm³/mol. The van der Waals surface area contributed by atoms with Crippen LogP contribution in [0, 0.1) is 0 Å². The molecule has 1 heterocycles. The average Bonchev–Trinajstić information content (AvgIpc) is 2.67. The van der Waals surface area contributed by atoms with Gasteiger partial charge in [0.2, 0.25) is 0 Å². The predicted octanol–water partition coefficient (Wildman–Crippen LogP) is 3.70. The molecule has 0 radical (unpaired) electrons. The first-order valence-corrected chi connectivity index (χ1v) is 6.18. The molecule has 0 spiro atoms. The summed E-state index contributed by atoms with van der Waals surface area (Å²) in [6.45, 7) is 12.6. The van der Waals surface area contributed by atoms with E-state index in [4.69, 9.17) is 0 Å². The molecule has 0 aromatic heterocycles. The summed E-state index contributed by atoms with van der Waals surface area (Å²) in [5.74, 6) is 0.310. The van der Waals surface area contributed by atoms with E-state index >= 15 is 0 Å². The van der Waals surface area contributed by atoms with Gasteiger partial charge in [0, 0.05) is 23.8 Å². The minimum absolute atomic E-state index is 0.269. The Hall–Kier alpha value is -1.96. The van der Waals surface area contributed by atoms with Crippen LogP contribution in [0.3, 0.4) is 0 Å². The van der Waals surface area contributed by atoms with Gasteiger partial charge in [0.25, 0.3) is 0 Å². The standard InChI is InChI=1S/C16H19NO/c1-4-6-7-14(5-2)17-11-13-10-15(18)8-9-16(13)12(17)3/h4-5,8-10,14,18H,1-3,6-7,11H2. The minimum Gasteiger partial charge on any atom is -0.508 e. The first-order valence-electron chi connectivity index (χ1n) is 6.18. The molecule has 2 rings (SSSR count). The second-order valence-corrected chi connectivity index (χ2v) is 4.59. The molecule has 0 saturated heterocycles. The van der Waals surface area contributed by atoms with Crippen LogP contribution in [0.5, 0.6) is 5.75 Å². The highest BCUT2D eigenvalue weighted by Gasteiger charge is 2.26. The van der Waals surface area contributed by atoms with Crippen LogP contribution in [0.2, 0.25) is 0 Å². The number of benzene rings is 1. The molecular weight excluding hydrogens is 222 g/mol. The second-order valence-electron chi connectivity index (χ2n) is 4.59. The third-order valence-corrected chi connectivity index (χ3v) is 3.43. The van der Waals surface area contributed by atoms with Gasteiger partial charge in [0.1, 0.15) is 5.75 Å². The van der Waals surface area contributed by atoms with Gasteiger partial charge in [-0.05, 0) is 36.6 Å². The van der Waals surface area contributed by atoms with Crippen molar-refractivity contribution in [1.29, 1.82) is 0 Å². The largest absolute Gasteiger partial charge is 0.508 e. The third-order valence-electron chi connectivity index (χ3n) is 3.43. The summed E-state index contributed by atoms with van der Waals surface area (Å²) in [5.41, 5.74) is 3.27. The molecule has 94 valence electrons. The summed E-state index contributed by atoms with van der Waals surface area (Å²) in [6, 6.07) is 5.72. The Balaban J connectivity index is 2.21. The van der Waals surface area contributed by atoms with Crippen molar-refractivity contribution in [3.63, 3.8) is 0 Å². The summed E-state index contributed by atoms with van der Waals surface area (Å²) >= 11 is 0. The summed E-state index contributed by atoms with van der Waals surface area (Å²) in [7, 11) is 0. The van der Waals surface area contributed by atoms with Crippen molar-refractivity contribution in [2.45, 2.75) is 25.4 Å². The number of hydrogen-bond donors (Lipinski definition) is 1. The van der Waals surface area contributed by atoms with Crippen molar-refractivity contribution in [3.8, 4) is 5.75 Å². The highest BCUT2D eigenvalue weighted by atomic mass is 16.3. The topological polar surface area (TPSA) is 23.5 Å². The number of allylic oxidation sites excluding steroid dienone is 1. The van der Waals surface area contributed by atoms with Gasteiger partial charge in [-0.3, -0.25) is 0 Å². The molecule has 1 N–H and O–H groups in total. The monoisotopic (exact) mass is 241 g/mol. The van der Waals surface area contributed by atoms with E-state index in [1.807, 2.05) is 24.3 Å². The van der Waals surface area contributed by atoms with E-state index in [-0.39, 0.29) is 6.04 Å². The van der Waals surface area contributed by atoms with Crippen molar-refractivity contribution in [2.24, 2.45) is 0 Å². The Bertz CT molecular complexity index is 490. The van der Waals surface area contributed by atoms with E-state index in [9.17, 15) is 5.11 Å². The van der Waals surface area contributed by atoms with E-state index in [2.05, 4.69) is 24.6 Å². The number of nitrogens with zero attached hydrogens (tertiary/aromatic N) is 1. The Morgan fingerprint density at radius 1 is 1.39 bits per heavy atom. The number of hydrogen-bond acceptors (Lipinski definition) is 2. The average molecular weight is 241 g/mol. The fourth-order valence-corrected chi connectivity index (χ4v) is 2.43. The van der Waals surface area contributed by atoms with Crippen LogP contribution in [0.25, 0.3) is 5.70 Å². The normalized spacial score (nSPS) is 15.3. The van der Waals surface area contributed by atoms with E-state index < -0.39 is 0 Å². The molecule has 2 heteroatoms. The van der Waals surface area contributed by atoms with E-state index in [1.165, 1.54) is 0 Å². The number of fused-ring (bicyclic) bond motifs is 1. The van der Waals surface area contributed by atoms with Gasteiger partial charge in [0.15, 0.2) is 0 Å². The SMILES string of the molecule is C=CCCC(C=C)N1Cc2cc(O)ccc2C1=C. The van der Waals surface area contributed by atoms with Crippen LogP contribution in [0.1, 0.15) is 24.0 Å². The van der Waals surface area contributed by atoms with Crippen molar-refractivity contribution in [2.75, 3.05) is 0 Å². The van der Waals surface area contributed by atoms with E-state index in [1.54, 1.807) is 6.07 Å². The quantitative estimate of drug-likeness (QED) is 0.794. The molecule has 2 nitrogen and oxygen atoms in total. The Labute approximate surface area is 109 Å². The number of rotatable bonds is 5. The molecule has 0 aliphatic carbocycles. The molecule has 1 aliphatic rings. The highest BCUT2D eigenvalue weighted by molar-refractivity contribution is 5.70. The molecule has 0 bridgehead atoms. The molecule has 1 aromatic rings. The number of aromatic hydroxyl groups is 1. The molecule has 1 aromatic carbocycles. The molecule has 18 heavy (non-hydrogen) atoms. The molecular formula is C16H19NO. The summed E-state index contributed by atoms with van der Waals surface area (Å²) < 4.78 is 0. The van der Waals surface area contributed by atoms with Crippen LogP contribution in [0.4, 0.5) is 0 Å². The fraction of sp³-hybridized carbons (Fsp3) is 0.250. The first kappa shape index (κ1) is 12.5. The zero-order chi connectivity index (χ0) is 13.1. The van der Waals surface area contributed by atoms with Gasteiger partial charge < -0.3 is 10.0 Å². The zero-order valence-corrected chi connectivity index (χ0v) is 10.6. The Kier molecular flexibility index (Phi) is 3.56. The lowest BCUT2D eigenvalue weighted by atomic mass is 10.1. The maximum Gasteiger partial charge on any atom is 0.115 e. The molecule has 0 fully saturated rings. The van der Waals surface area contributed by atoms with Gasteiger partial charge in [-0.2, -0.15) is 0 Å². The Morgan fingerprint density at radius 2 is 2.17 bits per heavy atom. The number of phenols is 1. The lowest BCUT2D eigenvalue weighted by molar-refractivity contribution is 0.333. The molecule has 0 amide bonds. The summed E-state index contributed by atoms with van der Waals surface area (Å²) in [5, 5.41) is 9.52. The maximum atomic E-state index is 9.52. The lowest BCUT2D eigenvalue weighted by Gasteiger charge is -2.27. The lowest BCUT2D eigenvalue weighted by Crippen LogP contribution is -2.27. The molecule has 0 saturated carbocycles. The van der Waals surface area contributed by atoms with Crippen LogP contribution in [-0.4, -0.2) is 16.0 Å². The van der Waals surface area contributed by atoms with Gasteiger partial charge >= 0.3 is 0 Å². The number of phenolic OH excluding ortho intramolecular Hbond substituents is 1. The van der Waals surface area contributed by atoms with Gasteiger partial charge in [-0.15, -0.1) is 13.2 Å². The molecule has 1 atom stereocenters. The molecule has 1 unspecified atom stereocenters. The van der Waals surface area contributed by atoms with Crippen LogP contribution in [0.15, 0.2) is 50.1 Å². The fourth-order valence-electron chi connectivity index (χ4n) is 2.43. The summed E-state index contributed by atoms with van der Waals surface area (Å²) in [6.07, 6.45) is 5.84. The molecule has 1 aliphatic heterocycles. The zero-order valence-electron chi connectivity index (χ0n) is 10.6. The van der Waals surface area contributed by atoms with Crippen molar-refractivity contribution in [3.05, 3.63) is 61.2 Å². The van der Waals surface area contributed by atoms with Crippen LogP contribution >= 0.6 is 0 Å². The van der Waals surface area contributed by atoms with E-state index in [0.29, 0.717) is 5.75 Å². The highest BCUT2D eigenvalue weighted by Crippen LogP contribution is 2.36. The minimum atomic E-state index is 0.269. The first-order chi connectivity index (χ1) is 8.67. The maximum absolute atomic E-state index is 9.52. The van der Waals surface area contributed by atoms with Crippen molar-refractivity contribution >= 4 is 5.70 Å². The smallest absolute Gasteiger partial charge is 0.115 e. The van der Waals surface area contributed by atoms with Gasteiger partial charge in [-0.25, -0.2) is 0 Å². The third kappa shape index (κ3) is 2.19. The van der Waals surface area contributed by atoms with Gasteiger partial charge in [0.05, 0.1) is 0 Å². The van der Waals surface area contributed by atoms with Crippen molar-refractivity contribution in [1.82, 2.24) is 4.90 Å². The van der Waals surface area contributed by atoms with Crippen LogP contribution in [-0.2, 0) is 6.54 Å². The van der Waals surface area contributed by atoms with E-state index in [0.717, 1.165) is 36.2 Å². The summed E-state index contributed by atoms with van der Waals surface area (Å²) in [4.78, 5) is 2.24. The Morgan fingerprint density at radius 3 is 2.83 bits per heavy atom. The van der Waals surface area contributed by atoms with Gasteiger partial charge in [-0.1, -0.05) is 18.7 Å². The van der Waals surface area contributed by atoms with Crippen molar-refractivity contribution < 1.29 is 5.11 Å².